The molecule has 0 radical (unpaired) electrons. The van der Waals surface area contributed by atoms with E-state index in [0.29, 0.717) is 13.2 Å². The van der Waals surface area contributed by atoms with Gasteiger partial charge in [0.2, 0.25) is 0 Å². The second-order valence-corrected chi connectivity index (χ2v) is 6.14. The molecule has 1 aromatic carbocycles. The largest absolute Gasteiger partial charge is 0.481 e. The van der Waals surface area contributed by atoms with E-state index in [9.17, 15) is 9.90 Å². The maximum atomic E-state index is 11.7. The Morgan fingerprint density at radius 1 is 1.53 bits per heavy atom. The molecule has 2 aliphatic rings. The van der Waals surface area contributed by atoms with Gasteiger partial charge in [-0.2, -0.15) is 0 Å². The molecule has 1 fully saturated rings. The molecule has 5 heteroatoms. The number of carboxylic acids is 1. The summed E-state index contributed by atoms with van der Waals surface area (Å²) in [6.45, 7) is 1.24. The summed E-state index contributed by atoms with van der Waals surface area (Å²) in [6.07, 6.45) is 0.889. The Morgan fingerprint density at radius 2 is 2.32 bits per heavy atom. The van der Waals surface area contributed by atoms with Gasteiger partial charge >= 0.3 is 5.97 Å². The predicted octanol–water partition coefficient (Wildman–Crippen LogP) is 2.47. The van der Waals surface area contributed by atoms with Gasteiger partial charge in [-0.15, -0.1) is 0 Å². The summed E-state index contributed by atoms with van der Waals surface area (Å²) in [7, 11) is 2.05. The fourth-order valence-corrected chi connectivity index (χ4v) is 3.75. The van der Waals surface area contributed by atoms with Gasteiger partial charge in [-0.05, 0) is 30.2 Å². The van der Waals surface area contributed by atoms with E-state index < -0.39 is 11.9 Å². The molecule has 1 N–H and O–H groups in total. The van der Waals surface area contributed by atoms with Crippen LogP contribution in [0.15, 0.2) is 22.7 Å². The van der Waals surface area contributed by atoms with Crippen molar-refractivity contribution in [3.05, 3.63) is 28.2 Å². The van der Waals surface area contributed by atoms with Crippen LogP contribution in [-0.2, 0) is 9.53 Å². The number of nitrogens with zero attached hydrogens (tertiary/aromatic N) is 1. The molecule has 1 saturated heterocycles. The predicted molar refractivity (Wildman–Crippen MR) is 75.6 cm³/mol. The molecular formula is C14H16BrNO3. The topological polar surface area (TPSA) is 49.8 Å². The fourth-order valence-electron chi connectivity index (χ4n) is 3.37. The number of hydrogen-bond donors (Lipinski definition) is 1. The van der Waals surface area contributed by atoms with Crippen LogP contribution in [0.1, 0.15) is 17.9 Å². The lowest BCUT2D eigenvalue weighted by atomic mass is 9.75. The summed E-state index contributed by atoms with van der Waals surface area (Å²) in [5.41, 5.74) is 1.91. The highest BCUT2D eigenvalue weighted by molar-refractivity contribution is 9.10. The van der Waals surface area contributed by atoms with E-state index in [2.05, 4.69) is 20.8 Å². The van der Waals surface area contributed by atoms with E-state index in [1.54, 1.807) is 0 Å². The summed E-state index contributed by atoms with van der Waals surface area (Å²) in [6, 6.07) is 6.15. The van der Waals surface area contributed by atoms with Crippen LogP contribution in [0.3, 0.4) is 0 Å². The standard InChI is InChI=1S/C14H16BrNO3/c1-16-11-3-2-8(15)6-9(11)13(14(17)18)10-7-19-5-4-12(10)16/h2-3,6,10,12-13H,4-5,7H2,1H3,(H,17,18). The zero-order valence-corrected chi connectivity index (χ0v) is 12.3. The Hall–Kier alpha value is -1.07. The van der Waals surface area contributed by atoms with Gasteiger partial charge in [0.25, 0.3) is 0 Å². The third-order valence-electron chi connectivity index (χ3n) is 4.26. The first-order valence-electron chi connectivity index (χ1n) is 6.42. The van der Waals surface area contributed by atoms with Crippen molar-refractivity contribution in [2.75, 3.05) is 25.2 Å². The van der Waals surface area contributed by atoms with Crippen LogP contribution in [0.2, 0.25) is 0 Å². The molecule has 0 aromatic heterocycles. The van der Waals surface area contributed by atoms with Gasteiger partial charge < -0.3 is 14.7 Å². The zero-order valence-electron chi connectivity index (χ0n) is 10.7. The molecule has 2 heterocycles. The highest BCUT2D eigenvalue weighted by Crippen LogP contribution is 2.44. The smallest absolute Gasteiger partial charge is 0.311 e. The van der Waals surface area contributed by atoms with Gasteiger partial charge in [0.05, 0.1) is 12.5 Å². The number of anilines is 1. The molecule has 1 aromatic rings. The monoisotopic (exact) mass is 325 g/mol. The van der Waals surface area contributed by atoms with Crippen LogP contribution in [0.5, 0.6) is 0 Å². The molecule has 0 amide bonds. The van der Waals surface area contributed by atoms with Crippen LogP contribution >= 0.6 is 15.9 Å². The summed E-state index contributed by atoms with van der Waals surface area (Å²) >= 11 is 3.43. The van der Waals surface area contributed by atoms with Crippen molar-refractivity contribution < 1.29 is 14.6 Å². The summed E-state index contributed by atoms with van der Waals surface area (Å²) in [4.78, 5) is 13.9. The molecule has 3 unspecified atom stereocenters. The van der Waals surface area contributed by atoms with Gasteiger partial charge in [-0.25, -0.2) is 0 Å². The van der Waals surface area contributed by atoms with Crippen LogP contribution in [0.4, 0.5) is 5.69 Å². The third-order valence-corrected chi connectivity index (χ3v) is 4.75. The minimum Gasteiger partial charge on any atom is -0.481 e. The average Bonchev–Trinajstić information content (AvgIpc) is 2.38. The molecule has 3 atom stereocenters. The normalized spacial score (nSPS) is 29.6. The highest BCUT2D eigenvalue weighted by Gasteiger charge is 2.44. The van der Waals surface area contributed by atoms with Crippen molar-refractivity contribution in [2.24, 2.45) is 5.92 Å². The van der Waals surface area contributed by atoms with E-state index in [0.717, 1.165) is 22.1 Å². The first-order valence-corrected chi connectivity index (χ1v) is 7.21. The van der Waals surface area contributed by atoms with Crippen molar-refractivity contribution in [1.82, 2.24) is 0 Å². The molecule has 3 rings (SSSR count). The van der Waals surface area contributed by atoms with Crippen molar-refractivity contribution in [2.45, 2.75) is 18.4 Å². The van der Waals surface area contributed by atoms with Crippen LogP contribution < -0.4 is 4.90 Å². The maximum Gasteiger partial charge on any atom is 0.311 e. The Morgan fingerprint density at radius 3 is 3.05 bits per heavy atom. The molecule has 19 heavy (non-hydrogen) atoms. The zero-order chi connectivity index (χ0) is 13.6. The maximum absolute atomic E-state index is 11.7. The first-order chi connectivity index (χ1) is 9.09. The Labute approximate surface area is 120 Å². The van der Waals surface area contributed by atoms with E-state index in [4.69, 9.17) is 4.74 Å². The minimum absolute atomic E-state index is 0.0260. The molecule has 102 valence electrons. The molecule has 0 saturated carbocycles. The van der Waals surface area contributed by atoms with Crippen molar-refractivity contribution in [3.8, 4) is 0 Å². The number of ether oxygens (including phenoxy) is 1. The van der Waals surface area contributed by atoms with E-state index in [1.807, 2.05) is 25.2 Å². The number of benzene rings is 1. The summed E-state index contributed by atoms with van der Waals surface area (Å²) < 4.78 is 6.43. The molecule has 0 aliphatic carbocycles. The number of fused-ring (bicyclic) bond motifs is 2. The SMILES string of the molecule is CN1c2ccc(Br)cc2C(C(=O)O)C2COCCC21. The highest BCUT2D eigenvalue weighted by atomic mass is 79.9. The number of halogens is 1. The summed E-state index contributed by atoms with van der Waals surface area (Å²) in [5.74, 6) is -1.21. The van der Waals surface area contributed by atoms with E-state index in [-0.39, 0.29) is 12.0 Å². The fraction of sp³-hybridized carbons (Fsp3) is 0.500. The third kappa shape index (κ3) is 2.05. The summed E-state index contributed by atoms with van der Waals surface area (Å²) in [5, 5.41) is 9.61. The molecule has 2 aliphatic heterocycles. The van der Waals surface area contributed by atoms with Gasteiger partial charge in [0.15, 0.2) is 0 Å². The number of rotatable bonds is 1. The Balaban J connectivity index is 2.13. The number of aliphatic carboxylic acids is 1. The minimum atomic E-state index is -0.757. The van der Waals surface area contributed by atoms with Gasteiger partial charge in [-0.1, -0.05) is 15.9 Å². The second kappa shape index (κ2) is 4.80. The molecule has 0 bridgehead atoms. The Bertz CT molecular complexity index is 519. The number of hydrogen-bond acceptors (Lipinski definition) is 3. The molecular weight excluding hydrogens is 310 g/mol. The average molecular weight is 326 g/mol. The van der Waals surface area contributed by atoms with Gasteiger partial charge in [0.1, 0.15) is 0 Å². The van der Waals surface area contributed by atoms with Crippen molar-refractivity contribution in [1.29, 1.82) is 0 Å². The van der Waals surface area contributed by atoms with Crippen LogP contribution in [0, 0.1) is 5.92 Å². The van der Waals surface area contributed by atoms with Gasteiger partial charge in [-0.3, -0.25) is 4.79 Å². The second-order valence-electron chi connectivity index (χ2n) is 5.22. The van der Waals surface area contributed by atoms with Gasteiger partial charge in [0, 0.05) is 35.8 Å². The van der Waals surface area contributed by atoms with Crippen molar-refractivity contribution >= 4 is 27.6 Å². The van der Waals surface area contributed by atoms with E-state index >= 15 is 0 Å². The lowest BCUT2D eigenvalue weighted by Crippen LogP contribution is -2.51. The first kappa shape index (κ1) is 12.9. The number of carbonyl (C=O) groups is 1. The van der Waals surface area contributed by atoms with Crippen molar-refractivity contribution in [3.63, 3.8) is 0 Å². The molecule has 0 spiro atoms. The quantitative estimate of drug-likeness (QED) is 0.861. The lowest BCUT2D eigenvalue weighted by molar-refractivity contribution is -0.142. The molecule has 4 nitrogen and oxygen atoms in total. The van der Waals surface area contributed by atoms with Crippen LogP contribution in [0.25, 0.3) is 0 Å². The Kier molecular flexibility index (Phi) is 3.27. The van der Waals surface area contributed by atoms with Crippen LogP contribution in [-0.4, -0.2) is 37.4 Å². The van der Waals surface area contributed by atoms with E-state index in [1.165, 1.54) is 0 Å². The lowest BCUT2D eigenvalue weighted by Gasteiger charge is -2.46. The number of carboxylic acid groups (broad SMARTS) is 1.